The van der Waals surface area contributed by atoms with Crippen LogP contribution >= 0.6 is 0 Å². The molecule has 1 heterocycles. The van der Waals surface area contributed by atoms with E-state index in [1.165, 1.54) is 10.5 Å². The van der Waals surface area contributed by atoms with Gasteiger partial charge in [-0.2, -0.15) is 0 Å². The summed E-state index contributed by atoms with van der Waals surface area (Å²) in [5.41, 5.74) is 1.24. The quantitative estimate of drug-likeness (QED) is 0.915. The van der Waals surface area contributed by atoms with Crippen molar-refractivity contribution in [1.29, 1.82) is 0 Å². The topological polar surface area (TPSA) is 60.9 Å². The summed E-state index contributed by atoms with van der Waals surface area (Å²) in [4.78, 5) is 26.2. The van der Waals surface area contributed by atoms with Crippen LogP contribution in [0.15, 0.2) is 30.3 Å². The molecule has 0 bridgehead atoms. The summed E-state index contributed by atoms with van der Waals surface area (Å²) in [6.07, 6.45) is 0.931. The lowest BCUT2D eigenvalue weighted by Gasteiger charge is -2.25. The average Bonchev–Trinajstić information content (AvgIpc) is 2.94. The van der Waals surface area contributed by atoms with Crippen LogP contribution in [0.4, 0.5) is 4.79 Å². The third-order valence-corrected chi connectivity index (χ3v) is 3.71. The Hall–Kier alpha value is -2.04. The number of carbonyl (C=O) groups excluding carboxylic acids is 1. The monoisotopic (exact) mass is 276 g/mol. The van der Waals surface area contributed by atoms with Gasteiger partial charge in [-0.15, -0.1) is 0 Å². The number of urea groups is 1. The standard InChI is InChI=1S/C15H20N2O3/c1-2-16(11-14(18)19)15(20)17-9-8-13(10-17)12-6-4-3-5-7-12/h3-7,13H,2,8-11H2,1H3,(H,18,19). The molecule has 0 aromatic heterocycles. The van der Waals surface area contributed by atoms with E-state index in [1.807, 2.05) is 18.2 Å². The highest BCUT2D eigenvalue weighted by atomic mass is 16.4. The van der Waals surface area contributed by atoms with E-state index in [9.17, 15) is 9.59 Å². The second-order valence-electron chi connectivity index (χ2n) is 5.03. The van der Waals surface area contributed by atoms with Crippen molar-refractivity contribution in [2.75, 3.05) is 26.2 Å². The molecule has 0 saturated carbocycles. The fourth-order valence-electron chi connectivity index (χ4n) is 2.61. The lowest BCUT2D eigenvalue weighted by atomic mass is 9.99. The predicted molar refractivity (Wildman–Crippen MR) is 75.7 cm³/mol. The highest BCUT2D eigenvalue weighted by Gasteiger charge is 2.30. The van der Waals surface area contributed by atoms with Crippen molar-refractivity contribution in [3.8, 4) is 0 Å². The first-order chi connectivity index (χ1) is 9.61. The summed E-state index contributed by atoms with van der Waals surface area (Å²) >= 11 is 0. The van der Waals surface area contributed by atoms with Gasteiger partial charge in [-0.3, -0.25) is 4.79 Å². The number of benzene rings is 1. The summed E-state index contributed by atoms with van der Waals surface area (Å²) in [6.45, 7) is 3.33. The van der Waals surface area contributed by atoms with Gasteiger partial charge in [0.05, 0.1) is 0 Å². The van der Waals surface area contributed by atoms with Crippen molar-refractivity contribution >= 4 is 12.0 Å². The Balaban J connectivity index is 1.98. The second-order valence-corrected chi connectivity index (χ2v) is 5.03. The molecule has 1 N–H and O–H groups in total. The van der Waals surface area contributed by atoms with Crippen LogP contribution in [0.25, 0.3) is 0 Å². The molecule has 1 saturated heterocycles. The molecule has 20 heavy (non-hydrogen) atoms. The molecule has 0 spiro atoms. The van der Waals surface area contributed by atoms with Crippen LogP contribution < -0.4 is 0 Å². The van der Waals surface area contributed by atoms with E-state index in [2.05, 4.69) is 12.1 Å². The summed E-state index contributed by atoms with van der Waals surface area (Å²) in [7, 11) is 0. The number of likely N-dealkylation sites (N-methyl/N-ethyl adjacent to an activating group) is 1. The molecule has 2 amide bonds. The zero-order valence-corrected chi connectivity index (χ0v) is 11.7. The van der Waals surface area contributed by atoms with Gasteiger partial charge < -0.3 is 14.9 Å². The normalized spacial score (nSPS) is 18.1. The van der Waals surface area contributed by atoms with Crippen molar-refractivity contribution in [2.45, 2.75) is 19.3 Å². The molecule has 108 valence electrons. The Morgan fingerprint density at radius 3 is 2.65 bits per heavy atom. The van der Waals surface area contributed by atoms with E-state index in [4.69, 9.17) is 5.11 Å². The van der Waals surface area contributed by atoms with Crippen LogP contribution in [0.2, 0.25) is 0 Å². The Labute approximate surface area is 118 Å². The molecule has 1 fully saturated rings. The molecule has 1 aliphatic heterocycles. The predicted octanol–water partition coefficient (Wildman–Crippen LogP) is 2.00. The van der Waals surface area contributed by atoms with E-state index in [0.717, 1.165) is 6.42 Å². The molecule has 0 aliphatic carbocycles. The number of rotatable bonds is 4. The highest BCUT2D eigenvalue weighted by Crippen LogP contribution is 2.27. The van der Waals surface area contributed by atoms with E-state index in [0.29, 0.717) is 25.6 Å². The molecule has 2 rings (SSSR count). The van der Waals surface area contributed by atoms with E-state index in [-0.39, 0.29) is 12.6 Å². The first kappa shape index (κ1) is 14.4. The maximum Gasteiger partial charge on any atom is 0.323 e. The first-order valence-electron chi connectivity index (χ1n) is 6.92. The number of hydrogen-bond donors (Lipinski definition) is 1. The van der Waals surface area contributed by atoms with Crippen molar-refractivity contribution in [1.82, 2.24) is 9.80 Å². The fraction of sp³-hybridized carbons (Fsp3) is 0.467. The molecular formula is C15H20N2O3. The van der Waals surface area contributed by atoms with E-state index < -0.39 is 5.97 Å². The van der Waals surface area contributed by atoms with Crippen LogP contribution in [0, 0.1) is 0 Å². The van der Waals surface area contributed by atoms with Crippen LogP contribution in [-0.2, 0) is 4.79 Å². The molecule has 1 atom stereocenters. The minimum atomic E-state index is -0.973. The molecule has 0 radical (unpaired) electrons. The summed E-state index contributed by atoms with van der Waals surface area (Å²) in [5, 5.41) is 8.82. The van der Waals surface area contributed by atoms with Gasteiger partial charge in [0.1, 0.15) is 6.54 Å². The SMILES string of the molecule is CCN(CC(=O)O)C(=O)N1CCC(c2ccccc2)C1. The molecule has 1 aromatic rings. The minimum Gasteiger partial charge on any atom is -0.480 e. The number of hydrogen-bond acceptors (Lipinski definition) is 2. The van der Waals surface area contributed by atoms with Crippen LogP contribution in [0.5, 0.6) is 0 Å². The Morgan fingerprint density at radius 1 is 1.35 bits per heavy atom. The number of carbonyl (C=O) groups is 2. The number of aliphatic carboxylic acids is 1. The summed E-state index contributed by atoms with van der Waals surface area (Å²) < 4.78 is 0. The Kier molecular flexibility index (Phi) is 4.61. The molecule has 1 unspecified atom stereocenters. The van der Waals surface area contributed by atoms with Crippen LogP contribution in [0.1, 0.15) is 24.8 Å². The fourth-order valence-corrected chi connectivity index (χ4v) is 2.61. The number of nitrogens with zero attached hydrogens (tertiary/aromatic N) is 2. The first-order valence-corrected chi connectivity index (χ1v) is 6.92. The number of carboxylic acid groups (broad SMARTS) is 1. The van der Waals surface area contributed by atoms with Gasteiger partial charge in [0, 0.05) is 25.6 Å². The zero-order valence-electron chi connectivity index (χ0n) is 11.7. The smallest absolute Gasteiger partial charge is 0.323 e. The molecular weight excluding hydrogens is 256 g/mol. The lowest BCUT2D eigenvalue weighted by Crippen LogP contribution is -2.44. The number of likely N-dealkylation sites (tertiary alicyclic amines) is 1. The maximum atomic E-state index is 12.3. The third kappa shape index (κ3) is 3.29. The minimum absolute atomic E-state index is 0.173. The van der Waals surface area contributed by atoms with Crippen molar-refractivity contribution in [2.24, 2.45) is 0 Å². The molecule has 1 aliphatic rings. The molecule has 5 heteroatoms. The van der Waals surface area contributed by atoms with Gasteiger partial charge >= 0.3 is 12.0 Å². The van der Waals surface area contributed by atoms with Gasteiger partial charge in [-0.25, -0.2) is 4.79 Å². The van der Waals surface area contributed by atoms with Gasteiger partial charge in [0.15, 0.2) is 0 Å². The van der Waals surface area contributed by atoms with Crippen molar-refractivity contribution < 1.29 is 14.7 Å². The van der Waals surface area contributed by atoms with Gasteiger partial charge in [0.25, 0.3) is 0 Å². The Morgan fingerprint density at radius 2 is 2.05 bits per heavy atom. The van der Waals surface area contributed by atoms with E-state index >= 15 is 0 Å². The van der Waals surface area contributed by atoms with Crippen LogP contribution in [0.3, 0.4) is 0 Å². The summed E-state index contributed by atoms with van der Waals surface area (Å²) in [6, 6.07) is 9.97. The van der Waals surface area contributed by atoms with Crippen LogP contribution in [-0.4, -0.2) is 53.1 Å². The zero-order chi connectivity index (χ0) is 14.5. The number of carboxylic acids is 1. The lowest BCUT2D eigenvalue weighted by molar-refractivity contribution is -0.137. The van der Waals surface area contributed by atoms with Gasteiger partial charge in [-0.1, -0.05) is 30.3 Å². The second kappa shape index (κ2) is 6.41. The van der Waals surface area contributed by atoms with Crippen molar-refractivity contribution in [3.63, 3.8) is 0 Å². The maximum absolute atomic E-state index is 12.3. The van der Waals surface area contributed by atoms with Crippen molar-refractivity contribution in [3.05, 3.63) is 35.9 Å². The number of amides is 2. The Bertz CT molecular complexity index is 475. The van der Waals surface area contributed by atoms with Gasteiger partial charge in [0.2, 0.25) is 0 Å². The summed E-state index contributed by atoms with van der Waals surface area (Å²) in [5.74, 6) is -0.623. The van der Waals surface area contributed by atoms with E-state index in [1.54, 1.807) is 11.8 Å². The molecule has 1 aromatic carbocycles. The highest BCUT2D eigenvalue weighted by molar-refractivity contribution is 5.80. The average molecular weight is 276 g/mol. The third-order valence-electron chi connectivity index (χ3n) is 3.71. The van der Waals surface area contributed by atoms with Gasteiger partial charge in [-0.05, 0) is 18.9 Å². The largest absolute Gasteiger partial charge is 0.480 e. The molecule has 5 nitrogen and oxygen atoms in total.